The number of rotatable bonds is 5. The maximum Gasteiger partial charge on any atom is 0.225 e. The maximum absolute atomic E-state index is 5.99. The van der Waals surface area contributed by atoms with E-state index in [1.54, 1.807) is 0 Å². The third-order valence-electron chi connectivity index (χ3n) is 3.93. The maximum atomic E-state index is 5.99. The predicted octanol–water partition coefficient (Wildman–Crippen LogP) is 1.96. The largest absolute Gasteiger partial charge is 0.383 e. The molecule has 5 nitrogen and oxygen atoms in total. The van der Waals surface area contributed by atoms with Crippen molar-refractivity contribution in [3.63, 3.8) is 0 Å². The van der Waals surface area contributed by atoms with Crippen LogP contribution in [0.3, 0.4) is 0 Å². The van der Waals surface area contributed by atoms with Crippen molar-refractivity contribution in [2.24, 2.45) is 5.92 Å². The van der Waals surface area contributed by atoms with Gasteiger partial charge in [-0.25, -0.2) is 4.98 Å². The summed E-state index contributed by atoms with van der Waals surface area (Å²) < 4.78 is 0. The highest BCUT2D eigenvalue weighted by atomic mass is 15.2. The van der Waals surface area contributed by atoms with E-state index in [1.807, 2.05) is 24.3 Å². The summed E-state index contributed by atoms with van der Waals surface area (Å²) in [6.45, 7) is 0.857. The van der Waals surface area contributed by atoms with Crippen LogP contribution in [0.1, 0.15) is 12.8 Å². The van der Waals surface area contributed by atoms with Crippen molar-refractivity contribution in [2.75, 3.05) is 31.7 Å². The molecule has 1 aliphatic carbocycles. The molecule has 0 amide bonds. The number of benzene rings is 1. The predicted molar refractivity (Wildman–Crippen MR) is 82.6 cm³/mol. The summed E-state index contributed by atoms with van der Waals surface area (Å²) in [7, 11) is 4.25. The lowest BCUT2D eigenvalue weighted by molar-refractivity contribution is 0.276. The Labute approximate surface area is 119 Å². The normalized spacial score (nSPS) is 16.6. The Morgan fingerprint density at radius 2 is 2.05 bits per heavy atom. The summed E-state index contributed by atoms with van der Waals surface area (Å²) >= 11 is 0. The van der Waals surface area contributed by atoms with Crippen molar-refractivity contribution in [3.8, 4) is 0 Å². The highest BCUT2D eigenvalue weighted by molar-refractivity contribution is 5.88. The van der Waals surface area contributed by atoms with Crippen LogP contribution < -0.4 is 11.1 Å². The van der Waals surface area contributed by atoms with Gasteiger partial charge >= 0.3 is 0 Å². The molecule has 1 saturated carbocycles. The monoisotopic (exact) mass is 271 g/mol. The number of aromatic nitrogens is 2. The second kappa shape index (κ2) is 5.25. The van der Waals surface area contributed by atoms with Gasteiger partial charge in [0.15, 0.2) is 0 Å². The summed E-state index contributed by atoms with van der Waals surface area (Å²) in [5, 5.41) is 4.24. The molecule has 0 bridgehead atoms. The SMILES string of the molecule is CN(C)C(CNc1nc(N)c2ccccc2n1)C1CC1. The van der Waals surface area contributed by atoms with Crippen LogP contribution in [0, 0.1) is 5.92 Å². The van der Waals surface area contributed by atoms with Crippen molar-refractivity contribution < 1.29 is 0 Å². The summed E-state index contributed by atoms with van der Waals surface area (Å²) in [5.74, 6) is 1.95. The summed E-state index contributed by atoms with van der Waals surface area (Å²) in [6, 6.07) is 8.35. The Morgan fingerprint density at radius 1 is 1.30 bits per heavy atom. The molecule has 0 spiro atoms. The van der Waals surface area contributed by atoms with E-state index in [1.165, 1.54) is 12.8 Å². The van der Waals surface area contributed by atoms with Crippen LogP contribution in [0.2, 0.25) is 0 Å². The van der Waals surface area contributed by atoms with Gasteiger partial charge in [-0.15, -0.1) is 0 Å². The number of hydrogen-bond donors (Lipinski definition) is 2. The molecular weight excluding hydrogens is 250 g/mol. The topological polar surface area (TPSA) is 67.1 Å². The second-order valence-electron chi connectivity index (χ2n) is 5.70. The molecule has 20 heavy (non-hydrogen) atoms. The number of likely N-dealkylation sites (N-methyl/N-ethyl adjacent to an activating group) is 1. The van der Waals surface area contributed by atoms with Crippen LogP contribution in [0.15, 0.2) is 24.3 Å². The smallest absolute Gasteiger partial charge is 0.225 e. The first kappa shape index (κ1) is 13.1. The second-order valence-corrected chi connectivity index (χ2v) is 5.70. The van der Waals surface area contributed by atoms with Gasteiger partial charge in [-0.2, -0.15) is 4.98 Å². The van der Waals surface area contributed by atoms with E-state index in [4.69, 9.17) is 5.73 Å². The molecule has 5 heteroatoms. The molecule has 2 aromatic rings. The molecule has 0 radical (unpaired) electrons. The molecule has 3 rings (SSSR count). The molecule has 1 unspecified atom stereocenters. The minimum Gasteiger partial charge on any atom is -0.383 e. The molecule has 1 aromatic heterocycles. The molecule has 1 fully saturated rings. The number of nitrogens with zero attached hydrogens (tertiary/aromatic N) is 3. The molecule has 1 aromatic carbocycles. The van der Waals surface area contributed by atoms with Gasteiger partial charge in [0.2, 0.25) is 5.95 Å². The number of fused-ring (bicyclic) bond motifs is 1. The molecular formula is C15H21N5. The number of para-hydroxylation sites is 1. The van der Waals surface area contributed by atoms with E-state index in [0.717, 1.165) is 23.4 Å². The van der Waals surface area contributed by atoms with Gasteiger partial charge in [0.05, 0.1) is 5.52 Å². The van der Waals surface area contributed by atoms with Crippen LogP contribution in [0.4, 0.5) is 11.8 Å². The van der Waals surface area contributed by atoms with Gasteiger partial charge in [-0.3, -0.25) is 0 Å². The third kappa shape index (κ3) is 2.67. The zero-order chi connectivity index (χ0) is 14.1. The first-order chi connectivity index (χ1) is 9.65. The number of nitrogens with two attached hydrogens (primary N) is 1. The summed E-state index contributed by atoms with van der Waals surface area (Å²) in [4.78, 5) is 11.1. The standard InChI is InChI=1S/C15H21N5/c1-20(2)13(10-7-8-10)9-17-15-18-12-6-4-3-5-11(12)14(16)19-15/h3-6,10,13H,7-9H2,1-2H3,(H3,16,17,18,19). The highest BCUT2D eigenvalue weighted by Crippen LogP contribution is 2.34. The quantitative estimate of drug-likeness (QED) is 0.870. The van der Waals surface area contributed by atoms with Crippen LogP contribution >= 0.6 is 0 Å². The average Bonchev–Trinajstić information content (AvgIpc) is 3.23. The minimum atomic E-state index is 0.533. The van der Waals surface area contributed by atoms with Crippen LogP contribution in [-0.4, -0.2) is 41.5 Å². The van der Waals surface area contributed by atoms with E-state index in [-0.39, 0.29) is 0 Å². The van der Waals surface area contributed by atoms with Gasteiger partial charge in [-0.1, -0.05) is 12.1 Å². The fraction of sp³-hybridized carbons (Fsp3) is 0.467. The summed E-state index contributed by atoms with van der Waals surface area (Å²) in [6.07, 6.45) is 2.65. The van der Waals surface area contributed by atoms with E-state index in [9.17, 15) is 0 Å². The number of anilines is 2. The minimum absolute atomic E-state index is 0.533. The fourth-order valence-corrected chi connectivity index (χ4v) is 2.63. The molecule has 1 aliphatic rings. The van der Waals surface area contributed by atoms with E-state index in [2.05, 4.69) is 34.3 Å². The van der Waals surface area contributed by atoms with Crippen molar-refractivity contribution >= 4 is 22.7 Å². The van der Waals surface area contributed by atoms with Gasteiger partial charge in [0.1, 0.15) is 5.82 Å². The third-order valence-corrected chi connectivity index (χ3v) is 3.93. The number of nitrogens with one attached hydrogen (secondary N) is 1. The van der Waals surface area contributed by atoms with Gasteiger partial charge in [-0.05, 0) is 45.0 Å². The Kier molecular flexibility index (Phi) is 3.44. The molecule has 0 aliphatic heterocycles. The Bertz CT molecular complexity index is 604. The lowest BCUT2D eigenvalue weighted by Gasteiger charge is -2.24. The van der Waals surface area contributed by atoms with E-state index >= 15 is 0 Å². The van der Waals surface area contributed by atoms with Crippen LogP contribution in [0.5, 0.6) is 0 Å². The van der Waals surface area contributed by atoms with Crippen molar-refractivity contribution in [3.05, 3.63) is 24.3 Å². The van der Waals surface area contributed by atoms with Crippen molar-refractivity contribution in [1.82, 2.24) is 14.9 Å². The number of hydrogen-bond acceptors (Lipinski definition) is 5. The van der Waals surface area contributed by atoms with Crippen LogP contribution in [0.25, 0.3) is 10.9 Å². The Morgan fingerprint density at radius 3 is 2.75 bits per heavy atom. The molecule has 1 heterocycles. The Balaban J connectivity index is 1.77. The van der Waals surface area contributed by atoms with Gasteiger partial charge in [0.25, 0.3) is 0 Å². The van der Waals surface area contributed by atoms with Gasteiger partial charge in [0, 0.05) is 18.0 Å². The molecule has 106 valence electrons. The Hall–Kier alpha value is -1.88. The first-order valence-corrected chi connectivity index (χ1v) is 7.07. The lowest BCUT2D eigenvalue weighted by Crippen LogP contribution is -2.36. The summed E-state index contributed by atoms with van der Waals surface area (Å²) in [5.41, 5.74) is 6.88. The molecule has 1 atom stereocenters. The fourth-order valence-electron chi connectivity index (χ4n) is 2.63. The zero-order valence-corrected chi connectivity index (χ0v) is 12.0. The zero-order valence-electron chi connectivity index (χ0n) is 12.0. The molecule has 0 saturated heterocycles. The highest BCUT2D eigenvalue weighted by Gasteiger charge is 2.32. The lowest BCUT2D eigenvalue weighted by atomic mass is 10.1. The van der Waals surface area contributed by atoms with E-state index in [0.29, 0.717) is 17.8 Å². The number of nitrogen functional groups attached to an aromatic ring is 1. The average molecular weight is 271 g/mol. The first-order valence-electron chi connectivity index (χ1n) is 7.07. The molecule has 3 N–H and O–H groups in total. The van der Waals surface area contributed by atoms with Gasteiger partial charge < -0.3 is 16.0 Å². The van der Waals surface area contributed by atoms with Crippen LogP contribution in [-0.2, 0) is 0 Å². The van der Waals surface area contributed by atoms with Crippen molar-refractivity contribution in [1.29, 1.82) is 0 Å². The van der Waals surface area contributed by atoms with Crippen molar-refractivity contribution in [2.45, 2.75) is 18.9 Å². The van der Waals surface area contributed by atoms with E-state index < -0.39 is 0 Å².